The third-order valence-electron chi connectivity index (χ3n) is 5.61. The van der Waals surface area contributed by atoms with E-state index in [2.05, 4.69) is 29.2 Å². The molecule has 0 radical (unpaired) electrons. The summed E-state index contributed by atoms with van der Waals surface area (Å²) in [6.07, 6.45) is 3.00. The van der Waals surface area contributed by atoms with Crippen molar-refractivity contribution in [3.05, 3.63) is 51.9 Å². The van der Waals surface area contributed by atoms with Crippen molar-refractivity contribution < 1.29 is 9.53 Å². The number of nitrogens with one attached hydrogen (secondary N) is 2. The number of aromatic nitrogens is 2. The van der Waals surface area contributed by atoms with Crippen molar-refractivity contribution in [3.8, 4) is 5.69 Å². The lowest BCUT2D eigenvalue weighted by molar-refractivity contribution is -0.0390. The number of amides is 1. The molecule has 150 valence electrons. The summed E-state index contributed by atoms with van der Waals surface area (Å²) in [5, 5.41) is 6.27. The third kappa shape index (κ3) is 3.91. The Labute approximate surface area is 164 Å². The van der Waals surface area contributed by atoms with Gasteiger partial charge in [-0.1, -0.05) is 13.3 Å². The Morgan fingerprint density at radius 1 is 1.29 bits per heavy atom. The first-order valence-corrected chi connectivity index (χ1v) is 10.1. The summed E-state index contributed by atoms with van der Waals surface area (Å²) >= 11 is 0. The minimum absolute atomic E-state index is 0.0733. The van der Waals surface area contributed by atoms with Crippen LogP contribution in [-0.2, 0) is 11.2 Å². The molecule has 3 heterocycles. The fourth-order valence-electron chi connectivity index (χ4n) is 4.21. The van der Waals surface area contributed by atoms with Crippen LogP contribution < -0.4 is 10.9 Å². The molecule has 7 heteroatoms. The third-order valence-corrected chi connectivity index (χ3v) is 5.61. The molecule has 0 saturated carbocycles. The van der Waals surface area contributed by atoms with Gasteiger partial charge in [-0.25, -0.2) is 4.68 Å². The number of aryl methyl sites for hydroxylation is 1. The number of aromatic amines is 1. The predicted molar refractivity (Wildman–Crippen MR) is 107 cm³/mol. The first-order valence-electron chi connectivity index (χ1n) is 10.1. The molecule has 0 bridgehead atoms. The molecule has 28 heavy (non-hydrogen) atoms. The lowest BCUT2D eigenvalue weighted by atomic mass is 10.1. The van der Waals surface area contributed by atoms with E-state index in [0.29, 0.717) is 11.6 Å². The molecule has 1 aromatic heterocycles. The maximum atomic E-state index is 12.6. The lowest BCUT2D eigenvalue weighted by Gasteiger charge is -2.33. The van der Waals surface area contributed by atoms with Crippen LogP contribution in [0.1, 0.15) is 42.7 Å². The van der Waals surface area contributed by atoms with Crippen LogP contribution in [-0.4, -0.2) is 58.5 Å². The molecule has 2 fully saturated rings. The van der Waals surface area contributed by atoms with Gasteiger partial charge < -0.3 is 10.1 Å². The molecule has 1 aromatic carbocycles. The van der Waals surface area contributed by atoms with E-state index >= 15 is 0 Å². The predicted octanol–water partition coefficient (Wildman–Crippen LogP) is 1.71. The number of morpholine rings is 1. The van der Waals surface area contributed by atoms with Gasteiger partial charge in [-0.2, -0.15) is 0 Å². The van der Waals surface area contributed by atoms with Crippen molar-refractivity contribution in [3.63, 3.8) is 0 Å². The van der Waals surface area contributed by atoms with E-state index in [1.165, 1.54) is 4.68 Å². The quantitative estimate of drug-likeness (QED) is 0.823. The molecular weight excluding hydrogens is 356 g/mol. The Morgan fingerprint density at radius 2 is 2.07 bits per heavy atom. The van der Waals surface area contributed by atoms with E-state index in [0.717, 1.165) is 50.3 Å². The number of fused-ring (bicyclic) bond motifs is 1. The summed E-state index contributed by atoms with van der Waals surface area (Å²) in [6.45, 7) is 6.71. The summed E-state index contributed by atoms with van der Waals surface area (Å²) in [5.74, 6) is -0.0733. The van der Waals surface area contributed by atoms with Gasteiger partial charge in [-0.3, -0.25) is 19.6 Å². The number of benzene rings is 1. The molecule has 3 atom stereocenters. The number of hydrogen-bond acceptors (Lipinski definition) is 4. The smallest absolute Gasteiger partial charge is 0.271 e. The SMILES string of the molecule is CCCc1cc(=O)n(-c2ccc(C(=O)N[C@@H]3C[C@H]4CO[C@@H](C)CN4C3)cc2)[nH]1. The van der Waals surface area contributed by atoms with Gasteiger partial charge in [-0.15, -0.1) is 0 Å². The highest BCUT2D eigenvalue weighted by molar-refractivity contribution is 5.94. The maximum Gasteiger partial charge on any atom is 0.271 e. The van der Waals surface area contributed by atoms with Crippen LogP contribution >= 0.6 is 0 Å². The Hall–Kier alpha value is -2.38. The standard InChI is InChI=1S/C21H28N4O3/c1-3-4-16-10-20(26)25(23-16)18-7-5-15(6-8-18)21(27)22-17-9-19-13-28-14(2)11-24(19)12-17/h5-8,10,14,17,19,23H,3-4,9,11-13H2,1-2H3,(H,22,27)/t14-,17+,19-/m0/s1. The van der Waals surface area contributed by atoms with E-state index in [1.54, 1.807) is 30.3 Å². The maximum absolute atomic E-state index is 12.6. The zero-order valence-corrected chi connectivity index (χ0v) is 16.5. The second-order valence-corrected chi connectivity index (χ2v) is 7.91. The zero-order chi connectivity index (χ0) is 19.7. The van der Waals surface area contributed by atoms with Gasteiger partial charge in [0.15, 0.2) is 0 Å². The van der Waals surface area contributed by atoms with Gasteiger partial charge in [0.25, 0.3) is 11.5 Å². The van der Waals surface area contributed by atoms with Crippen molar-refractivity contribution in [2.75, 3.05) is 19.7 Å². The van der Waals surface area contributed by atoms with Crippen LogP contribution in [0.25, 0.3) is 5.69 Å². The topological polar surface area (TPSA) is 79.4 Å². The molecule has 1 amide bonds. The second kappa shape index (κ2) is 7.93. The van der Waals surface area contributed by atoms with Gasteiger partial charge in [0.1, 0.15) is 0 Å². The monoisotopic (exact) mass is 384 g/mol. The Bertz CT molecular complexity index is 886. The summed E-state index contributed by atoms with van der Waals surface area (Å²) < 4.78 is 7.24. The summed E-state index contributed by atoms with van der Waals surface area (Å²) in [7, 11) is 0. The molecule has 7 nitrogen and oxygen atoms in total. The molecule has 2 aliphatic heterocycles. The fourth-order valence-corrected chi connectivity index (χ4v) is 4.21. The number of ether oxygens (including phenoxy) is 1. The van der Waals surface area contributed by atoms with Crippen LogP contribution in [0.5, 0.6) is 0 Å². The van der Waals surface area contributed by atoms with E-state index in [4.69, 9.17) is 4.74 Å². The average molecular weight is 384 g/mol. The Kier molecular flexibility index (Phi) is 5.37. The highest BCUT2D eigenvalue weighted by Crippen LogP contribution is 2.23. The van der Waals surface area contributed by atoms with Gasteiger partial charge >= 0.3 is 0 Å². The molecular formula is C21H28N4O3. The average Bonchev–Trinajstić information content (AvgIpc) is 3.24. The van der Waals surface area contributed by atoms with Crippen molar-refractivity contribution in [1.82, 2.24) is 20.0 Å². The number of nitrogens with zero attached hydrogens (tertiary/aromatic N) is 2. The first-order chi connectivity index (χ1) is 13.5. The molecule has 4 rings (SSSR count). The fraction of sp³-hybridized carbons (Fsp3) is 0.524. The van der Waals surface area contributed by atoms with E-state index in [1.807, 2.05) is 0 Å². The van der Waals surface area contributed by atoms with Crippen molar-refractivity contribution in [2.45, 2.75) is 51.3 Å². The Morgan fingerprint density at radius 3 is 2.82 bits per heavy atom. The molecule has 2 saturated heterocycles. The number of hydrogen-bond donors (Lipinski definition) is 2. The molecule has 0 unspecified atom stereocenters. The normalized spacial score (nSPS) is 24.9. The number of rotatable bonds is 5. The van der Waals surface area contributed by atoms with E-state index in [9.17, 15) is 9.59 Å². The van der Waals surface area contributed by atoms with Gasteiger partial charge in [0, 0.05) is 42.5 Å². The zero-order valence-electron chi connectivity index (χ0n) is 16.5. The first kappa shape index (κ1) is 19.0. The van der Waals surface area contributed by atoms with Crippen LogP contribution in [0.15, 0.2) is 35.1 Å². The van der Waals surface area contributed by atoms with Crippen LogP contribution in [0.4, 0.5) is 0 Å². The van der Waals surface area contributed by atoms with Gasteiger partial charge in [0.05, 0.1) is 18.4 Å². The van der Waals surface area contributed by atoms with Gasteiger partial charge in [0.2, 0.25) is 0 Å². The largest absolute Gasteiger partial charge is 0.376 e. The molecule has 0 spiro atoms. The second-order valence-electron chi connectivity index (χ2n) is 7.91. The van der Waals surface area contributed by atoms with Crippen molar-refractivity contribution in [1.29, 1.82) is 0 Å². The molecule has 2 N–H and O–H groups in total. The minimum atomic E-state index is -0.0836. The minimum Gasteiger partial charge on any atom is -0.376 e. The molecule has 2 aromatic rings. The lowest BCUT2D eigenvalue weighted by Crippen LogP contribution is -2.45. The van der Waals surface area contributed by atoms with Crippen LogP contribution in [0, 0.1) is 0 Å². The number of carbonyl (C=O) groups is 1. The molecule has 2 aliphatic rings. The highest BCUT2D eigenvalue weighted by Gasteiger charge is 2.36. The van der Waals surface area contributed by atoms with Crippen LogP contribution in [0.2, 0.25) is 0 Å². The number of carbonyl (C=O) groups excluding carboxylic acids is 1. The summed E-state index contributed by atoms with van der Waals surface area (Å²) in [6, 6.07) is 9.32. The Balaban J connectivity index is 1.40. The van der Waals surface area contributed by atoms with Gasteiger partial charge in [-0.05, 0) is 44.0 Å². The summed E-state index contributed by atoms with van der Waals surface area (Å²) in [4.78, 5) is 27.2. The van der Waals surface area contributed by atoms with E-state index < -0.39 is 0 Å². The van der Waals surface area contributed by atoms with Crippen molar-refractivity contribution >= 4 is 5.91 Å². The van der Waals surface area contributed by atoms with Crippen molar-refractivity contribution in [2.24, 2.45) is 0 Å². The molecule has 0 aliphatic carbocycles. The highest BCUT2D eigenvalue weighted by atomic mass is 16.5. The summed E-state index contributed by atoms with van der Waals surface area (Å²) in [5.41, 5.74) is 2.17. The van der Waals surface area contributed by atoms with Crippen LogP contribution in [0.3, 0.4) is 0 Å². The number of H-pyrrole nitrogens is 1. The van der Waals surface area contributed by atoms with E-state index in [-0.39, 0.29) is 23.6 Å².